The van der Waals surface area contributed by atoms with E-state index in [9.17, 15) is 12.8 Å². The fourth-order valence-corrected chi connectivity index (χ4v) is 2.44. The zero-order chi connectivity index (χ0) is 14.0. The van der Waals surface area contributed by atoms with Gasteiger partial charge in [0.25, 0.3) is 10.0 Å². The molecule has 0 aliphatic heterocycles. The maximum absolute atomic E-state index is 13.4. The first-order chi connectivity index (χ1) is 8.94. The predicted molar refractivity (Wildman–Crippen MR) is 61.0 cm³/mol. The normalized spacial score (nSPS) is 11.0. The van der Waals surface area contributed by atoms with E-state index in [0.29, 0.717) is 0 Å². The van der Waals surface area contributed by atoms with Crippen LogP contribution < -0.4 is 4.72 Å². The highest BCUT2D eigenvalue weighted by atomic mass is 32.2. The van der Waals surface area contributed by atoms with Crippen LogP contribution in [0.4, 0.5) is 10.4 Å². The molecule has 0 amide bonds. The standard InChI is InChI=1S/C10H7FN4O3S/c1-6-13-14-10(18-6)15-19(16,17)9-4-2-3-8(11)7(9)5-12/h2-4H,1H3,(H,14,15). The van der Waals surface area contributed by atoms with Crippen molar-refractivity contribution in [2.24, 2.45) is 0 Å². The van der Waals surface area contributed by atoms with Gasteiger partial charge in [-0.05, 0) is 12.1 Å². The van der Waals surface area contributed by atoms with Gasteiger partial charge in [0.1, 0.15) is 22.3 Å². The van der Waals surface area contributed by atoms with Crippen molar-refractivity contribution < 1.29 is 17.2 Å². The molecule has 0 radical (unpaired) electrons. The van der Waals surface area contributed by atoms with Crippen molar-refractivity contribution >= 4 is 16.0 Å². The minimum atomic E-state index is -4.17. The molecule has 1 aromatic carbocycles. The second kappa shape index (κ2) is 4.66. The van der Waals surface area contributed by atoms with Gasteiger partial charge in [-0.1, -0.05) is 11.2 Å². The topological polar surface area (TPSA) is 109 Å². The van der Waals surface area contributed by atoms with Gasteiger partial charge in [-0.25, -0.2) is 17.5 Å². The molecule has 0 fully saturated rings. The van der Waals surface area contributed by atoms with Crippen LogP contribution in [-0.4, -0.2) is 18.6 Å². The van der Waals surface area contributed by atoms with Crippen LogP contribution in [0.2, 0.25) is 0 Å². The summed E-state index contributed by atoms with van der Waals surface area (Å²) < 4.78 is 44.2. The lowest BCUT2D eigenvalue weighted by Crippen LogP contribution is -2.15. The fourth-order valence-electron chi connectivity index (χ4n) is 1.34. The molecular weight excluding hydrogens is 275 g/mol. The quantitative estimate of drug-likeness (QED) is 0.905. The molecule has 2 aromatic rings. The Morgan fingerprint density at radius 2 is 2.16 bits per heavy atom. The molecule has 98 valence electrons. The fraction of sp³-hybridized carbons (Fsp3) is 0.100. The monoisotopic (exact) mass is 282 g/mol. The molecule has 0 saturated carbocycles. The van der Waals surface area contributed by atoms with E-state index < -0.39 is 26.3 Å². The minimum absolute atomic E-state index is 0.164. The zero-order valence-corrected chi connectivity index (χ0v) is 10.4. The van der Waals surface area contributed by atoms with Crippen LogP contribution in [0, 0.1) is 24.1 Å². The molecule has 1 heterocycles. The molecule has 0 bridgehead atoms. The number of nitriles is 1. The Kier molecular flexibility index (Phi) is 3.18. The third kappa shape index (κ3) is 2.53. The lowest BCUT2D eigenvalue weighted by atomic mass is 10.2. The summed E-state index contributed by atoms with van der Waals surface area (Å²) in [4.78, 5) is -0.495. The third-order valence-corrected chi connectivity index (χ3v) is 3.49. The summed E-state index contributed by atoms with van der Waals surface area (Å²) in [6.07, 6.45) is 0. The second-order valence-corrected chi connectivity index (χ2v) is 5.11. The van der Waals surface area contributed by atoms with Gasteiger partial charge >= 0.3 is 6.01 Å². The summed E-state index contributed by atoms with van der Waals surface area (Å²) in [7, 11) is -4.17. The average molecular weight is 282 g/mol. The molecule has 0 atom stereocenters. The summed E-state index contributed by atoms with van der Waals surface area (Å²) in [6, 6.07) is 4.43. The van der Waals surface area contributed by atoms with Crippen molar-refractivity contribution in [3.05, 3.63) is 35.5 Å². The van der Waals surface area contributed by atoms with Crippen molar-refractivity contribution in [1.82, 2.24) is 10.2 Å². The number of benzene rings is 1. The number of hydrogen-bond donors (Lipinski definition) is 1. The number of hydrogen-bond acceptors (Lipinski definition) is 6. The Balaban J connectivity index is 2.46. The Bertz CT molecular complexity index is 763. The second-order valence-electron chi connectivity index (χ2n) is 3.46. The maximum atomic E-state index is 13.4. The van der Waals surface area contributed by atoms with Crippen molar-refractivity contribution in [2.75, 3.05) is 4.72 Å². The van der Waals surface area contributed by atoms with Crippen LogP contribution in [0.25, 0.3) is 0 Å². The summed E-state index contributed by atoms with van der Waals surface area (Å²) in [5, 5.41) is 15.7. The summed E-state index contributed by atoms with van der Waals surface area (Å²) in [5.74, 6) is -0.760. The molecule has 0 aliphatic carbocycles. The molecule has 1 aromatic heterocycles. The third-order valence-electron chi connectivity index (χ3n) is 2.12. The Morgan fingerprint density at radius 3 is 2.74 bits per heavy atom. The lowest BCUT2D eigenvalue weighted by molar-refractivity contribution is 0.534. The van der Waals surface area contributed by atoms with E-state index >= 15 is 0 Å². The number of aryl methyl sites for hydroxylation is 1. The first kappa shape index (κ1) is 13.0. The maximum Gasteiger partial charge on any atom is 0.329 e. The Hall–Kier alpha value is -2.47. The largest absolute Gasteiger partial charge is 0.408 e. The number of anilines is 1. The van der Waals surface area contributed by atoms with Gasteiger partial charge < -0.3 is 4.42 Å². The van der Waals surface area contributed by atoms with Gasteiger partial charge in [0, 0.05) is 6.92 Å². The van der Waals surface area contributed by atoms with E-state index in [0.717, 1.165) is 12.1 Å². The number of aromatic nitrogens is 2. The van der Waals surface area contributed by atoms with Crippen molar-refractivity contribution in [3.63, 3.8) is 0 Å². The molecule has 9 heteroatoms. The predicted octanol–water partition coefficient (Wildman–Crippen LogP) is 1.19. The lowest BCUT2D eigenvalue weighted by Gasteiger charge is -2.06. The van der Waals surface area contributed by atoms with E-state index in [4.69, 9.17) is 9.68 Å². The molecule has 0 spiro atoms. The first-order valence-electron chi connectivity index (χ1n) is 4.95. The van der Waals surface area contributed by atoms with Crippen LogP contribution in [-0.2, 0) is 10.0 Å². The van der Waals surface area contributed by atoms with Crippen LogP contribution >= 0.6 is 0 Å². The highest BCUT2D eigenvalue weighted by molar-refractivity contribution is 7.92. The smallest absolute Gasteiger partial charge is 0.329 e. The Labute approximate surface area is 107 Å². The van der Waals surface area contributed by atoms with Crippen molar-refractivity contribution in [2.45, 2.75) is 11.8 Å². The minimum Gasteiger partial charge on any atom is -0.408 e. The Morgan fingerprint density at radius 1 is 1.42 bits per heavy atom. The van der Waals surface area contributed by atoms with Gasteiger partial charge in [-0.15, -0.1) is 5.10 Å². The number of nitrogens with zero attached hydrogens (tertiary/aromatic N) is 3. The summed E-state index contributed by atoms with van der Waals surface area (Å²) in [6.45, 7) is 1.48. The van der Waals surface area contributed by atoms with Gasteiger partial charge in [-0.3, -0.25) is 0 Å². The molecule has 2 rings (SSSR count). The SMILES string of the molecule is Cc1nnc(NS(=O)(=O)c2cccc(F)c2C#N)o1. The molecule has 0 aliphatic rings. The molecule has 0 unspecified atom stereocenters. The molecule has 0 saturated heterocycles. The summed E-state index contributed by atoms with van der Waals surface area (Å²) in [5.41, 5.74) is -0.578. The van der Waals surface area contributed by atoms with Crippen molar-refractivity contribution in [1.29, 1.82) is 5.26 Å². The van der Waals surface area contributed by atoms with E-state index in [1.54, 1.807) is 0 Å². The number of nitrogens with one attached hydrogen (secondary N) is 1. The number of rotatable bonds is 3. The highest BCUT2D eigenvalue weighted by Gasteiger charge is 2.23. The molecule has 1 N–H and O–H groups in total. The zero-order valence-electron chi connectivity index (χ0n) is 9.58. The average Bonchev–Trinajstić information content (AvgIpc) is 2.73. The first-order valence-corrected chi connectivity index (χ1v) is 6.44. The molecular formula is C10H7FN4O3S. The summed E-state index contributed by atoms with van der Waals surface area (Å²) >= 11 is 0. The van der Waals surface area contributed by atoms with Gasteiger partial charge in [0.2, 0.25) is 5.89 Å². The molecule has 19 heavy (non-hydrogen) atoms. The van der Waals surface area contributed by atoms with Gasteiger partial charge in [0.15, 0.2) is 0 Å². The molecule has 7 nitrogen and oxygen atoms in total. The van der Waals surface area contributed by atoms with Gasteiger partial charge in [-0.2, -0.15) is 5.26 Å². The van der Waals surface area contributed by atoms with Gasteiger partial charge in [0.05, 0.1) is 0 Å². The number of sulfonamides is 1. The van der Waals surface area contributed by atoms with E-state index in [1.807, 2.05) is 4.72 Å². The van der Waals surface area contributed by atoms with Crippen LogP contribution in [0.5, 0.6) is 0 Å². The van der Waals surface area contributed by atoms with Crippen LogP contribution in [0.1, 0.15) is 11.5 Å². The van der Waals surface area contributed by atoms with Crippen molar-refractivity contribution in [3.8, 4) is 6.07 Å². The number of halogens is 1. The van der Waals surface area contributed by atoms with Crippen LogP contribution in [0.15, 0.2) is 27.5 Å². The van der Waals surface area contributed by atoms with Crippen LogP contribution in [0.3, 0.4) is 0 Å². The highest BCUT2D eigenvalue weighted by Crippen LogP contribution is 2.20. The van der Waals surface area contributed by atoms with E-state index in [1.165, 1.54) is 19.1 Å². The van der Waals surface area contributed by atoms with E-state index in [-0.39, 0.29) is 11.9 Å². The van der Waals surface area contributed by atoms with E-state index in [2.05, 4.69) is 10.2 Å².